The molecule has 4 N–H and O–H groups in total. The third-order valence-corrected chi connectivity index (χ3v) is 4.84. The SMILES string of the molecule is CC(C)(/C=C/C(=O)NO)[C@H](OC(=O)Nc1ccc2c(c1)OCO2)c1ccc(OCCO)cc1. The van der Waals surface area contributed by atoms with Crippen molar-refractivity contribution in [2.75, 3.05) is 25.3 Å². The van der Waals surface area contributed by atoms with Crippen LogP contribution < -0.4 is 25.0 Å². The Kier molecular flexibility index (Phi) is 7.75. The number of hydroxylamine groups is 1. The summed E-state index contributed by atoms with van der Waals surface area (Å²) in [5, 5.41) is 20.3. The molecular formula is C23H26N2O8. The van der Waals surface area contributed by atoms with E-state index in [-0.39, 0.29) is 20.0 Å². The predicted molar refractivity (Wildman–Crippen MR) is 117 cm³/mol. The van der Waals surface area contributed by atoms with E-state index in [1.54, 1.807) is 56.3 Å². The van der Waals surface area contributed by atoms with Gasteiger partial charge >= 0.3 is 6.09 Å². The molecule has 33 heavy (non-hydrogen) atoms. The lowest BCUT2D eigenvalue weighted by Crippen LogP contribution is -2.28. The van der Waals surface area contributed by atoms with Crippen LogP contribution in [0.25, 0.3) is 0 Å². The maximum atomic E-state index is 12.7. The number of ether oxygens (including phenoxy) is 4. The molecule has 10 nitrogen and oxygen atoms in total. The zero-order chi connectivity index (χ0) is 23.8. The number of carbonyl (C=O) groups excluding carboxylic acids is 2. The van der Waals surface area contributed by atoms with Gasteiger partial charge in [-0.1, -0.05) is 32.1 Å². The van der Waals surface area contributed by atoms with Crippen molar-refractivity contribution < 1.29 is 38.9 Å². The standard InChI is InChI=1S/C23H26N2O8/c1-23(2,10-9-20(27)25-29)21(15-3-6-17(7-4-15)30-12-11-26)33-22(28)24-16-5-8-18-19(13-16)32-14-31-18/h3-10,13,21,26,29H,11-12,14H2,1-2H3,(H,24,28)(H,25,27)/b10-9+/t21-/m1/s1. The van der Waals surface area contributed by atoms with Gasteiger partial charge < -0.3 is 24.1 Å². The number of nitrogens with one attached hydrogen (secondary N) is 2. The van der Waals surface area contributed by atoms with E-state index < -0.39 is 23.5 Å². The first kappa shape index (κ1) is 23.9. The molecule has 2 aromatic rings. The average molecular weight is 458 g/mol. The highest BCUT2D eigenvalue weighted by Crippen LogP contribution is 2.39. The minimum absolute atomic E-state index is 0.113. The highest BCUT2D eigenvalue weighted by molar-refractivity contribution is 5.87. The summed E-state index contributed by atoms with van der Waals surface area (Å²) in [7, 11) is 0. The quantitative estimate of drug-likeness (QED) is 0.256. The smallest absolute Gasteiger partial charge is 0.412 e. The summed E-state index contributed by atoms with van der Waals surface area (Å²) >= 11 is 0. The Bertz CT molecular complexity index is 1000. The Morgan fingerprint density at radius 3 is 2.58 bits per heavy atom. The number of hydrogen-bond acceptors (Lipinski definition) is 8. The molecule has 0 radical (unpaired) electrons. The van der Waals surface area contributed by atoms with E-state index >= 15 is 0 Å². The number of benzene rings is 2. The van der Waals surface area contributed by atoms with Crippen LogP contribution in [-0.4, -0.2) is 42.3 Å². The van der Waals surface area contributed by atoms with E-state index in [2.05, 4.69) is 5.32 Å². The number of rotatable bonds is 9. The van der Waals surface area contributed by atoms with Crippen molar-refractivity contribution in [2.45, 2.75) is 20.0 Å². The molecule has 0 saturated heterocycles. The third kappa shape index (κ3) is 6.37. The molecule has 0 saturated carbocycles. The minimum atomic E-state index is -0.841. The first-order valence-corrected chi connectivity index (χ1v) is 10.2. The van der Waals surface area contributed by atoms with Gasteiger partial charge in [0.25, 0.3) is 5.91 Å². The van der Waals surface area contributed by atoms with E-state index in [1.807, 2.05) is 0 Å². The lowest BCUT2D eigenvalue weighted by atomic mass is 9.82. The zero-order valence-corrected chi connectivity index (χ0v) is 18.2. The van der Waals surface area contributed by atoms with E-state index in [0.29, 0.717) is 28.5 Å². The van der Waals surface area contributed by atoms with Crippen LogP contribution in [-0.2, 0) is 9.53 Å². The molecule has 0 bridgehead atoms. The Morgan fingerprint density at radius 2 is 1.88 bits per heavy atom. The van der Waals surface area contributed by atoms with Crippen LogP contribution >= 0.6 is 0 Å². The summed E-state index contributed by atoms with van der Waals surface area (Å²) in [4.78, 5) is 24.2. The molecule has 10 heteroatoms. The average Bonchev–Trinajstić information content (AvgIpc) is 3.28. The van der Waals surface area contributed by atoms with Crippen LogP contribution in [0.2, 0.25) is 0 Å². The Morgan fingerprint density at radius 1 is 1.15 bits per heavy atom. The number of hydrogen-bond donors (Lipinski definition) is 4. The van der Waals surface area contributed by atoms with Crippen molar-refractivity contribution in [2.24, 2.45) is 5.41 Å². The second kappa shape index (κ2) is 10.7. The molecule has 1 atom stereocenters. The maximum absolute atomic E-state index is 12.7. The van der Waals surface area contributed by atoms with E-state index in [4.69, 9.17) is 29.3 Å². The molecule has 1 aliphatic heterocycles. The van der Waals surface area contributed by atoms with Gasteiger partial charge in [-0.3, -0.25) is 15.3 Å². The number of amides is 2. The van der Waals surface area contributed by atoms with Crippen molar-refractivity contribution in [3.05, 3.63) is 60.2 Å². The summed E-state index contributed by atoms with van der Waals surface area (Å²) in [6, 6.07) is 11.8. The normalized spacial score (nSPS) is 13.5. The molecule has 2 aromatic carbocycles. The summed E-state index contributed by atoms with van der Waals surface area (Å²) in [5.74, 6) is 0.939. The molecular weight excluding hydrogens is 432 g/mol. The van der Waals surface area contributed by atoms with Gasteiger partial charge in [-0.2, -0.15) is 0 Å². The number of carbonyl (C=O) groups is 2. The van der Waals surface area contributed by atoms with Gasteiger partial charge in [0.2, 0.25) is 6.79 Å². The lowest BCUT2D eigenvalue weighted by molar-refractivity contribution is -0.124. The van der Waals surface area contributed by atoms with E-state index in [0.717, 1.165) is 6.08 Å². The topological polar surface area (TPSA) is 136 Å². The fourth-order valence-corrected chi connectivity index (χ4v) is 3.20. The molecule has 2 amide bonds. The van der Waals surface area contributed by atoms with Gasteiger partial charge in [0.1, 0.15) is 18.5 Å². The maximum Gasteiger partial charge on any atom is 0.412 e. The Balaban J connectivity index is 1.80. The lowest BCUT2D eigenvalue weighted by Gasteiger charge is -2.31. The molecule has 3 rings (SSSR count). The monoisotopic (exact) mass is 458 g/mol. The van der Waals surface area contributed by atoms with Crippen molar-refractivity contribution in [1.82, 2.24) is 5.48 Å². The van der Waals surface area contributed by atoms with Gasteiger partial charge in [0, 0.05) is 23.2 Å². The van der Waals surface area contributed by atoms with Crippen LogP contribution in [0.3, 0.4) is 0 Å². The third-order valence-electron chi connectivity index (χ3n) is 4.84. The first-order valence-electron chi connectivity index (χ1n) is 10.2. The summed E-state index contributed by atoms with van der Waals surface area (Å²) in [6.45, 7) is 3.72. The zero-order valence-electron chi connectivity index (χ0n) is 18.2. The van der Waals surface area contributed by atoms with Crippen LogP contribution in [0.5, 0.6) is 17.2 Å². The largest absolute Gasteiger partial charge is 0.491 e. The Labute approximate surface area is 190 Å². The fraction of sp³-hybridized carbons (Fsp3) is 0.304. The number of fused-ring (bicyclic) bond motifs is 1. The van der Waals surface area contributed by atoms with Crippen molar-refractivity contribution in [1.29, 1.82) is 0 Å². The number of aliphatic hydroxyl groups is 1. The van der Waals surface area contributed by atoms with Crippen LogP contribution in [0, 0.1) is 5.41 Å². The molecule has 0 fully saturated rings. The molecule has 0 unspecified atom stereocenters. The second-order valence-corrected chi connectivity index (χ2v) is 7.75. The van der Waals surface area contributed by atoms with Gasteiger partial charge in [0.05, 0.1) is 6.61 Å². The van der Waals surface area contributed by atoms with Crippen molar-refractivity contribution >= 4 is 17.7 Å². The summed E-state index contributed by atoms with van der Waals surface area (Å²) in [5.41, 5.74) is 1.80. The highest BCUT2D eigenvalue weighted by atomic mass is 16.7. The van der Waals surface area contributed by atoms with E-state index in [1.165, 1.54) is 11.6 Å². The first-order chi connectivity index (χ1) is 15.8. The molecule has 176 valence electrons. The highest BCUT2D eigenvalue weighted by Gasteiger charge is 2.33. The van der Waals surface area contributed by atoms with Crippen LogP contribution in [0.4, 0.5) is 10.5 Å². The van der Waals surface area contributed by atoms with Gasteiger partial charge in [-0.05, 0) is 29.8 Å². The number of aliphatic hydroxyl groups excluding tert-OH is 1. The van der Waals surface area contributed by atoms with Gasteiger partial charge in [0.15, 0.2) is 11.5 Å². The second-order valence-electron chi connectivity index (χ2n) is 7.75. The van der Waals surface area contributed by atoms with Crippen molar-refractivity contribution in [3.63, 3.8) is 0 Å². The number of anilines is 1. The summed E-state index contributed by atoms with van der Waals surface area (Å²) < 4.78 is 21.7. The molecule has 1 aliphatic rings. The molecule has 0 aromatic heterocycles. The van der Waals surface area contributed by atoms with E-state index in [9.17, 15) is 9.59 Å². The van der Waals surface area contributed by atoms with Crippen LogP contribution in [0.15, 0.2) is 54.6 Å². The fourth-order valence-electron chi connectivity index (χ4n) is 3.20. The summed E-state index contributed by atoms with van der Waals surface area (Å²) in [6.07, 6.45) is 1.17. The Hall–Kier alpha value is -3.76. The molecule has 1 heterocycles. The minimum Gasteiger partial charge on any atom is -0.491 e. The van der Waals surface area contributed by atoms with Gasteiger partial charge in [-0.15, -0.1) is 0 Å². The van der Waals surface area contributed by atoms with Gasteiger partial charge in [-0.25, -0.2) is 10.3 Å². The molecule has 0 spiro atoms. The predicted octanol–water partition coefficient (Wildman–Crippen LogP) is 3.16. The van der Waals surface area contributed by atoms with Crippen molar-refractivity contribution in [3.8, 4) is 17.2 Å². The van der Waals surface area contributed by atoms with Crippen LogP contribution in [0.1, 0.15) is 25.5 Å². The molecule has 0 aliphatic carbocycles.